The van der Waals surface area contributed by atoms with E-state index in [9.17, 15) is 14.4 Å². The van der Waals surface area contributed by atoms with Crippen molar-refractivity contribution in [1.82, 2.24) is 20.6 Å². The molecule has 0 bridgehead atoms. The molecule has 2 aromatic carbocycles. The highest BCUT2D eigenvalue weighted by Gasteiger charge is 2.16. The summed E-state index contributed by atoms with van der Waals surface area (Å²) in [5.74, 6) is -0.753. The Labute approximate surface area is 191 Å². The van der Waals surface area contributed by atoms with Gasteiger partial charge in [0.1, 0.15) is 11.3 Å². The summed E-state index contributed by atoms with van der Waals surface area (Å²) in [4.78, 5) is 36.4. The van der Waals surface area contributed by atoms with Gasteiger partial charge in [-0.15, -0.1) is 0 Å². The Morgan fingerprint density at radius 1 is 0.970 bits per heavy atom. The number of hydrazine groups is 1. The number of ether oxygens (including phenoxy) is 2. The number of amides is 2. The van der Waals surface area contributed by atoms with Crippen LogP contribution in [0.2, 0.25) is 0 Å². The van der Waals surface area contributed by atoms with E-state index in [-0.39, 0.29) is 13.2 Å². The Morgan fingerprint density at radius 3 is 2.27 bits per heavy atom. The number of esters is 1. The number of hydrogen-bond acceptors (Lipinski definition) is 6. The summed E-state index contributed by atoms with van der Waals surface area (Å²) >= 11 is 0. The summed E-state index contributed by atoms with van der Waals surface area (Å²) in [5, 5.41) is 4.23. The number of benzene rings is 2. The molecule has 0 unspecified atom stereocenters. The van der Waals surface area contributed by atoms with E-state index in [0.717, 1.165) is 11.1 Å². The number of para-hydroxylation sites is 1. The van der Waals surface area contributed by atoms with Crippen LogP contribution in [0.25, 0.3) is 5.69 Å². The van der Waals surface area contributed by atoms with Gasteiger partial charge in [-0.05, 0) is 63.1 Å². The van der Waals surface area contributed by atoms with Gasteiger partial charge in [-0.2, -0.15) is 5.10 Å². The van der Waals surface area contributed by atoms with E-state index >= 15 is 0 Å². The van der Waals surface area contributed by atoms with Gasteiger partial charge in [0, 0.05) is 5.56 Å². The van der Waals surface area contributed by atoms with Crippen LogP contribution in [0, 0.1) is 20.8 Å². The largest absolute Gasteiger partial charge is 0.483 e. The molecular formula is C24H26N4O5. The molecule has 0 aliphatic rings. The third kappa shape index (κ3) is 5.57. The van der Waals surface area contributed by atoms with Crippen molar-refractivity contribution < 1.29 is 23.9 Å². The number of carbonyl (C=O) groups excluding carboxylic acids is 3. The molecule has 0 saturated carbocycles. The molecule has 172 valence electrons. The van der Waals surface area contributed by atoms with Crippen molar-refractivity contribution in [3.05, 3.63) is 76.6 Å². The highest BCUT2D eigenvalue weighted by Crippen LogP contribution is 2.22. The van der Waals surface area contributed by atoms with Crippen LogP contribution in [-0.4, -0.2) is 40.8 Å². The smallest absolute Gasteiger partial charge is 0.341 e. The molecule has 3 aromatic rings. The molecular weight excluding hydrogens is 424 g/mol. The lowest BCUT2D eigenvalue weighted by molar-refractivity contribution is -0.123. The van der Waals surface area contributed by atoms with Crippen molar-refractivity contribution in [2.45, 2.75) is 27.7 Å². The van der Waals surface area contributed by atoms with Crippen LogP contribution in [0.3, 0.4) is 0 Å². The van der Waals surface area contributed by atoms with Crippen LogP contribution in [-0.2, 0) is 9.53 Å². The van der Waals surface area contributed by atoms with Gasteiger partial charge in [-0.3, -0.25) is 20.4 Å². The summed E-state index contributed by atoms with van der Waals surface area (Å²) in [5.41, 5.74) is 8.57. The molecule has 0 aliphatic heterocycles. The summed E-state index contributed by atoms with van der Waals surface area (Å²) in [6.07, 6.45) is 1.45. The normalized spacial score (nSPS) is 10.4. The molecule has 1 aromatic heterocycles. The Morgan fingerprint density at radius 2 is 1.64 bits per heavy atom. The quantitative estimate of drug-likeness (QED) is 0.423. The van der Waals surface area contributed by atoms with E-state index in [4.69, 9.17) is 9.47 Å². The second kappa shape index (κ2) is 10.4. The van der Waals surface area contributed by atoms with Crippen LogP contribution in [0.15, 0.2) is 48.7 Å². The van der Waals surface area contributed by atoms with Crippen molar-refractivity contribution in [2.24, 2.45) is 0 Å². The molecule has 2 amide bonds. The van der Waals surface area contributed by atoms with Gasteiger partial charge in [-0.25, -0.2) is 9.48 Å². The van der Waals surface area contributed by atoms with Crippen LogP contribution in [0.5, 0.6) is 5.75 Å². The zero-order chi connectivity index (χ0) is 24.0. The zero-order valence-electron chi connectivity index (χ0n) is 19.0. The molecule has 2 N–H and O–H groups in total. The molecule has 0 radical (unpaired) electrons. The van der Waals surface area contributed by atoms with E-state index < -0.39 is 17.8 Å². The number of nitrogens with zero attached hydrogens (tertiary/aromatic N) is 2. The molecule has 0 fully saturated rings. The Balaban J connectivity index is 1.56. The third-order valence-electron chi connectivity index (χ3n) is 4.95. The predicted molar refractivity (Wildman–Crippen MR) is 121 cm³/mol. The van der Waals surface area contributed by atoms with Gasteiger partial charge < -0.3 is 9.47 Å². The van der Waals surface area contributed by atoms with Crippen LogP contribution in [0.1, 0.15) is 44.5 Å². The minimum Gasteiger partial charge on any atom is -0.483 e. The maximum Gasteiger partial charge on any atom is 0.341 e. The maximum atomic E-state index is 12.4. The molecule has 33 heavy (non-hydrogen) atoms. The summed E-state index contributed by atoms with van der Waals surface area (Å²) < 4.78 is 12.2. The van der Waals surface area contributed by atoms with Crippen molar-refractivity contribution in [2.75, 3.05) is 13.2 Å². The van der Waals surface area contributed by atoms with E-state index in [1.165, 1.54) is 6.20 Å². The lowest BCUT2D eigenvalue weighted by atomic mass is 10.1. The first kappa shape index (κ1) is 23.5. The number of nitrogens with one attached hydrogen (secondary N) is 2. The van der Waals surface area contributed by atoms with Crippen molar-refractivity contribution in [3.8, 4) is 11.4 Å². The minimum absolute atomic E-state index is 0.230. The number of hydrogen-bond donors (Lipinski definition) is 2. The van der Waals surface area contributed by atoms with Crippen molar-refractivity contribution >= 4 is 17.8 Å². The fourth-order valence-corrected chi connectivity index (χ4v) is 3.23. The van der Waals surface area contributed by atoms with E-state index in [1.54, 1.807) is 42.8 Å². The fourth-order valence-electron chi connectivity index (χ4n) is 3.23. The van der Waals surface area contributed by atoms with Crippen LogP contribution in [0.4, 0.5) is 0 Å². The Kier molecular flexibility index (Phi) is 7.45. The monoisotopic (exact) mass is 450 g/mol. The summed E-state index contributed by atoms with van der Waals surface area (Å²) in [6.45, 7) is 7.34. The molecule has 3 rings (SSSR count). The molecule has 0 atom stereocenters. The molecule has 9 nitrogen and oxygen atoms in total. The lowest BCUT2D eigenvalue weighted by Crippen LogP contribution is -2.43. The zero-order valence-corrected chi connectivity index (χ0v) is 19.0. The lowest BCUT2D eigenvalue weighted by Gasteiger charge is -2.12. The molecule has 9 heteroatoms. The van der Waals surface area contributed by atoms with Gasteiger partial charge >= 0.3 is 5.97 Å². The van der Waals surface area contributed by atoms with E-state index in [2.05, 4.69) is 16.0 Å². The topological polar surface area (TPSA) is 112 Å². The number of aryl methyl sites for hydroxylation is 2. The molecule has 0 aliphatic carbocycles. The van der Waals surface area contributed by atoms with Gasteiger partial charge in [0.2, 0.25) is 0 Å². The number of carbonyl (C=O) groups is 3. The first-order valence-corrected chi connectivity index (χ1v) is 10.4. The van der Waals surface area contributed by atoms with Gasteiger partial charge in [0.25, 0.3) is 11.8 Å². The van der Waals surface area contributed by atoms with E-state index in [1.807, 2.05) is 32.0 Å². The van der Waals surface area contributed by atoms with Crippen LogP contribution >= 0.6 is 0 Å². The van der Waals surface area contributed by atoms with Crippen molar-refractivity contribution in [1.29, 1.82) is 0 Å². The Hall–Kier alpha value is -4.14. The number of rotatable bonds is 7. The third-order valence-corrected chi connectivity index (χ3v) is 4.95. The second-order valence-corrected chi connectivity index (χ2v) is 7.33. The highest BCUT2D eigenvalue weighted by molar-refractivity contribution is 5.95. The molecule has 0 spiro atoms. The Bertz CT molecular complexity index is 1150. The fraction of sp³-hybridized carbons (Fsp3) is 0.250. The van der Waals surface area contributed by atoms with Gasteiger partial charge in [0.05, 0.1) is 24.2 Å². The first-order chi connectivity index (χ1) is 15.8. The average Bonchev–Trinajstić information content (AvgIpc) is 3.18. The first-order valence-electron chi connectivity index (χ1n) is 10.4. The van der Waals surface area contributed by atoms with Gasteiger partial charge in [0.15, 0.2) is 6.61 Å². The SMILES string of the molecule is CCOC(=O)c1cnn(-c2ccc(C(=O)NNC(=O)COc3c(C)cccc3C)cc2)c1C. The summed E-state index contributed by atoms with van der Waals surface area (Å²) in [7, 11) is 0. The predicted octanol–water partition coefficient (Wildman–Crippen LogP) is 2.81. The minimum atomic E-state index is -0.485. The van der Waals surface area contributed by atoms with Crippen LogP contribution < -0.4 is 15.6 Å². The van der Waals surface area contributed by atoms with Gasteiger partial charge in [-0.1, -0.05) is 18.2 Å². The molecule has 0 saturated heterocycles. The summed E-state index contributed by atoms with van der Waals surface area (Å²) in [6, 6.07) is 12.3. The average molecular weight is 450 g/mol. The van der Waals surface area contributed by atoms with Crippen molar-refractivity contribution in [3.63, 3.8) is 0 Å². The highest BCUT2D eigenvalue weighted by atomic mass is 16.5. The number of aromatic nitrogens is 2. The maximum absolute atomic E-state index is 12.4. The standard InChI is InChI=1S/C24H26N4O5/c1-5-32-24(31)20-13-25-28(17(20)4)19-11-9-18(10-12-19)23(30)27-26-21(29)14-33-22-15(2)7-6-8-16(22)3/h6-13H,5,14H2,1-4H3,(H,26,29)(H,27,30). The van der Waals surface area contributed by atoms with E-state index in [0.29, 0.717) is 28.3 Å². The second-order valence-electron chi connectivity index (χ2n) is 7.33. The molecule has 1 heterocycles.